The second kappa shape index (κ2) is 5.43. The molecule has 2 atom stereocenters. The number of likely N-dealkylation sites (N-methyl/N-ethyl adjacent to an activating group) is 1. The normalized spacial score (nSPS) is 27.6. The van der Waals surface area contributed by atoms with Crippen LogP contribution in [0.4, 0.5) is 5.69 Å². The highest BCUT2D eigenvalue weighted by Gasteiger charge is 2.34. The minimum Gasteiger partial charge on any atom is -0.369 e. The van der Waals surface area contributed by atoms with Crippen molar-refractivity contribution in [2.75, 3.05) is 25.0 Å². The molecule has 19 heavy (non-hydrogen) atoms. The maximum Gasteiger partial charge on any atom is 0.0511 e. The van der Waals surface area contributed by atoms with E-state index in [0.717, 1.165) is 19.1 Å². The number of hydrogen-bond acceptors (Lipinski definition) is 3. The molecule has 0 aromatic heterocycles. The maximum atomic E-state index is 5.70. The van der Waals surface area contributed by atoms with Gasteiger partial charge in [0.05, 0.1) is 5.69 Å². The molecule has 2 aliphatic heterocycles. The first-order chi connectivity index (χ1) is 9.19. The van der Waals surface area contributed by atoms with Gasteiger partial charge in [-0.15, -0.1) is 0 Å². The zero-order valence-electron chi connectivity index (χ0n) is 11.5. The molecule has 1 aromatic carbocycles. The molecular formula is C15H22BrN3. The number of nitrogens with zero attached hydrogens (tertiary/aromatic N) is 2. The van der Waals surface area contributed by atoms with Crippen molar-refractivity contribution in [1.82, 2.24) is 4.90 Å². The molecule has 0 saturated carbocycles. The Morgan fingerprint density at radius 1 is 1.26 bits per heavy atom. The van der Waals surface area contributed by atoms with Crippen LogP contribution in [0.2, 0.25) is 0 Å². The lowest BCUT2D eigenvalue weighted by Gasteiger charge is -2.28. The molecule has 0 radical (unpaired) electrons. The van der Waals surface area contributed by atoms with Gasteiger partial charge in [-0.2, -0.15) is 0 Å². The third kappa shape index (κ3) is 2.54. The van der Waals surface area contributed by atoms with Gasteiger partial charge in [-0.1, -0.05) is 6.07 Å². The molecule has 104 valence electrons. The Morgan fingerprint density at radius 3 is 2.79 bits per heavy atom. The summed E-state index contributed by atoms with van der Waals surface area (Å²) in [5.41, 5.74) is 8.20. The van der Waals surface area contributed by atoms with Gasteiger partial charge in [-0.25, -0.2) is 0 Å². The van der Waals surface area contributed by atoms with Gasteiger partial charge in [-0.3, -0.25) is 4.90 Å². The molecule has 3 nitrogen and oxygen atoms in total. The summed E-state index contributed by atoms with van der Waals surface area (Å²) in [6, 6.07) is 8.02. The highest BCUT2D eigenvalue weighted by Crippen LogP contribution is 2.34. The van der Waals surface area contributed by atoms with E-state index >= 15 is 0 Å². The van der Waals surface area contributed by atoms with Crippen molar-refractivity contribution in [1.29, 1.82) is 0 Å². The van der Waals surface area contributed by atoms with Crippen LogP contribution in [0.5, 0.6) is 0 Å². The van der Waals surface area contributed by atoms with Crippen LogP contribution in [0.1, 0.15) is 24.8 Å². The summed E-state index contributed by atoms with van der Waals surface area (Å²) in [5.74, 6) is 0. The summed E-state index contributed by atoms with van der Waals surface area (Å²) < 4.78 is 1.18. The Morgan fingerprint density at radius 2 is 2.05 bits per heavy atom. The molecular weight excluding hydrogens is 302 g/mol. The quantitative estimate of drug-likeness (QED) is 0.908. The Bertz CT molecular complexity index is 463. The summed E-state index contributed by atoms with van der Waals surface area (Å²) in [6.45, 7) is 2.91. The van der Waals surface area contributed by atoms with Gasteiger partial charge < -0.3 is 10.6 Å². The molecule has 2 heterocycles. The van der Waals surface area contributed by atoms with Crippen molar-refractivity contribution in [3.63, 3.8) is 0 Å². The summed E-state index contributed by atoms with van der Waals surface area (Å²) in [6.07, 6.45) is 4.00. The van der Waals surface area contributed by atoms with Crippen molar-refractivity contribution < 1.29 is 0 Å². The van der Waals surface area contributed by atoms with Crippen molar-refractivity contribution >= 4 is 21.6 Å². The molecule has 0 aliphatic carbocycles. The molecule has 4 heteroatoms. The summed E-state index contributed by atoms with van der Waals surface area (Å²) in [7, 11) is 2.29. The molecule has 3 rings (SSSR count). The van der Waals surface area contributed by atoms with E-state index < -0.39 is 0 Å². The van der Waals surface area contributed by atoms with Gasteiger partial charge in [0.15, 0.2) is 0 Å². The Kier molecular flexibility index (Phi) is 3.83. The fraction of sp³-hybridized carbons (Fsp3) is 0.600. The zero-order chi connectivity index (χ0) is 13.4. The van der Waals surface area contributed by atoms with E-state index in [9.17, 15) is 0 Å². The van der Waals surface area contributed by atoms with Crippen LogP contribution in [0.15, 0.2) is 22.7 Å². The number of anilines is 1. The molecule has 2 aliphatic rings. The SMILES string of the molecule is CN1C2CCC1CN(c1ccc(CN)cc1Br)CC2. The van der Waals surface area contributed by atoms with Crippen molar-refractivity contribution in [2.24, 2.45) is 5.73 Å². The lowest BCUT2D eigenvalue weighted by atomic mass is 10.1. The molecule has 0 amide bonds. The number of fused-ring (bicyclic) bond motifs is 2. The number of halogens is 1. The molecule has 2 bridgehead atoms. The van der Waals surface area contributed by atoms with Gasteiger partial charge in [0, 0.05) is 36.2 Å². The van der Waals surface area contributed by atoms with Gasteiger partial charge in [0.1, 0.15) is 0 Å². The van der Waals surface area contributed by atoms with Crippen LogP contribution in [0, 0.1) is 0 Å². The highest BCUT2D eigenvalue weighted by molar-refractivity contribution is 9.10. The topological polar surface area (TPSA) is 32.5 Å². The Balaban J connectivity index is 1.82. The number of nitrogens with two attached hydrogens (primary N) is 1. The molecule has 2 unspecified atom stereocenters. The van der Waals surface area contributed by atoms with Gasteiger partial charge in [0.25, 0.3) is 0 Å². The first-order valence-electron chi connectivity index (χ1n) is 7.14. The second-order valence-electron chi connectivity index (χ2n) is 5.78. The van der Waals surface area contributed by atoms with Crippen molar-refractivity contribution in [2.45, 2.75) is 37.9 Å². The van der Waals surface area contributed by atoms with E-state index in [0.29, 0.717) is 12.6 Å². The fourth-order valence-corrected chi connectivity index (χ4v) is 4.14. The summed E-state index contributed by atoms with van der Waals surface area (Å²) in [4.78, 5) is 5.12. The second-order valence-corrected chi connectivity index (χ2v) is 6.63. The average molecular weight is 324 g/mol. The van der Waals surface area contributed by atoms with Crippen LogP contribution in [-0.4, -0.2) is 37.1 Å². The van der Waals surface area contributed by atoms with E-state index in [1.54, 1.807) is 0 Å². The standard InChI is InChI=1S/C15H22BrN3/c1-18-12-3-4-13(18)10-19(7-6-12)15-5-2-11(9-17)8-14(15)16/h2,5,8,12-13H,3-4,6-7,9-10,17H2,1H3. The third-order valence-electron chi connectivity index (χ3n) is 4.74. The monoisotopic (exact) mass is 323 g/mol. The molecule has 2 N–H and O–H groups in total. The number of rotatable bonds is 2. The molecule has 2 fully saturated rings. The minimum absolute atomic E-state index is 0.603. The average Bonchev–Trinajstić information content (AvgIpc) is 2.64. The predicted molar refractivity (Wildman–Crippen MR) is 83.4 cm³/mol. The Labute approximate surface area is 123 Å². The summed E-state index contributed by atoms with van der Waals surface area (Å²) >= 11 is 3.71. The van der Waals surface area contributed by atoms with E-state index in [1.165, 1.54) is 35.0 Å². The molecule has 1 aromatic rings. The largest absolute Gasteiger partial charge is 0.369 e. The van der Waals surface area contributed by atoms with Crippen molar-refractivity contribution in [3.8, 4) is 0 Å². The van der Waals surface area contributed by atoms with Crippen LogP contribution in [0.25, 0.3) is 0 Å². The third-order valence-corrected chi connectivity index (χ3v) is 5.37. The first kappa shape index (κ1) is 13.4. The highest BCUT2D eigenvalue weighted by atomic mass is 79.9. The minimum atomic E-state index is 0.603. The lowest BCUT2D eigenvalue weighted by Crippen LogP contribution is -2.36. The predicted octanol–water partition coefficient (Wildman–Crippen LogP) is 2.58. The van der Waals surface area contributed by atoms with E-state index in [4.69, 9.17) is 5.73 Å². The molecule has 0 spiro atoms. The van der Waals surface area contributed by atoms with Gasteiger partial charge in [0.2, 0.25) is 0 Å². The lowest BCUT2D eigenvalue weighted by molar-refractivity contribution is 0.254. The number of benzene rings is 1. The van der Waals surface area contributed by atoms with Gasteiger partial charge in [-0.05, 0) is 59.9 Å². The fourth-order valence-electron chi connectivity index (χ4n) is 3.46. The first-order valence-corrected chi connectivity index (χ1v) is 7.93. The van der Waals surface area contributed by atoms with Crippen molar-refractivity contribution in [3.05, 3.63) is 28.2 Å². The Hall–Kier alpha value is -0.580. The van der Waals surface area contributed by atoms with E-state index in [-0.39, 0.29) is 0 Å². The molecule has 2 saturated heterocycles. The van der Waals surface area contributed by atoms with E-state index in [1.807, 2.05) is 0 Å². The van der Waals surface area contributed by atoms with Crippen LogP contribution < -0.4 is 10.6 Å². The van der Waals surface area contributed by atoms with Gasteiger partial charge >= 0.3 is 0 Å². The summed E-state index contributed by atoms with van der Waals surface area (Å²) in [5, 5.41) is 0. The zero-order valence-corrected chi connectivity index (χ0v) is 13.1. The van der Waals surface area contributed by atoms with Crippen LogP contribution >= 0.6 is 15.9 Å². The van der Waals surface area contributed by atoms with Crippen LogP contribution in [0.3, 0.4) is 0 Å². The van der Waals surface area contributed by atoms with E-state index in [2.05, 4.69) is 51.0 Å². The van der Waals surface area contributed by atoms with Crippen LogP contribution in [-0.2, 0) is 6.54 Å². The maximum absolute atomic E-state index is 5.70. The number of hydrogen-bond donors (Lipinski definition) is 1. The smallest absolute Gasteiger partial charge is 0.0511 e.